The SMILES string of the molecule is CC(C)(CO)N1CCN(C(=O)OC2([C@H]3COC[C@@H](C4CC4)N3S(=O)(=O)c3ccc(Cl)c(F)c3)CC2)CC1. The lowest BCUT2D eigenvalue weighted by molar-refractivity contribution is -0.0779. The Balaban J connectivity index is 1.36. The zero-order chi connectivity index (χ0) is 26.6. The van der Waals surface area contributed by atoms with Gasteiger partial charge in [0.2, 0.25) is 10.0 Å². The van der Waals surface area contributed by atoms with Gasteiger partial charge in [-0.15, -0.1) is 0 Å². The molecule has 2 aliphatic heterocycles. The van der Waals surface area contributed by atoms with E-state index in [9.17, 15) is 22.7 Å². The minimum atomic E-state index is -4.12. The number of halogens is 2. The van der Waals surface area contributed by atoms with Crippen LogP contribution in [0.25, 0.3) is 0 Å². The third-order valence-corrected chi connectivity index (χ3v) is 10.5. The standard InChI is InChI=1S/C25H35ClFN3O6S/c1-24(2,16-31)29-11-9-28(10-12-29)23(32)36-25(7-8-25)22-15-35-14-21(17-3-4-17)30(22)37(33,34)18-5-6-19(26)20(27)13-18/h5-6,13,17,21-22,31H,3-4,7-12,14-16H2,1-2H3/t21-,22+/m0/s1. The highest BCUT2D eigenvalue weighted by molar-refractivity contribution is 7.89. The first-order chi connectivity index (χ1) is 17.5. The van der Waals surface area contributed by atoms with Gasteiger partial charge in [0.15, 0.2) is 0 Å². The van der Waals surface area contributed by atoms with Crippen LogP contribution in [0.5, 0.6) is 0 Å². The van der Waals surface area contributed by atoms with E-state index in [0.29, 0.717) is 39.0 Å². The number of piperazine rings is 1. The Morgan fingerprint density at radius 1 is 1.22 bits per heavy atom. The Morgan fingerprint density at radius 2 is 1.89 bits per heavy atom. The molecule has 2 atom stereocenters. The summed E-state index contributed by atoms with van der Waals surface area (Å²) in [5.41, 5.74) is -1.36. The number of aliphatic hydroxyl groups is 1. The number of carbonyl (C=O) groups excluding carboxylic acids is 1. The van der Waals surface area contributed by atoms with Crippen molar-refractivity contribution in [3.05, 3.63) is 29.0 Å². The van der Waals surface area contributed by atoms with Crippen LogP contribution in [0, 0.1) is 11.7 Å². The maximum atomic E-state index is 14.3. The van der Waals surface area contributed by atoms with Crippen LogP contribution in [0.3, 0.4) is 0 Å². The van der Waals surface area contributed by atoms with Gasteiger partial charge in [0.05, 0.1) is 41.8 Å². The molecule has 1 aromatic rings. The van der Waals surface area contributed by atoms with Crippen LogP contribution < -0.4 is 0 Å². The summed E-state index contributed by atoms with van der Waals surface area (Å²) < 4.78 is 55.5. The summed E-state index contributed by atoms with van der Waals surface area (Å²) >= 11 is 5.81. The first-order valence-electron chi connectivity index (χ1n) is 12.9. The van der Waals surface area contributed by atoms with Gasteiger partial charge in [0, 0.05) is 31.7 Å². The second kappa shape index (κ2) is 9.91. The zero-order valence-corrected chi connectivity index (χ0v) is 22.8. The van der Waals surface area contributed by atoms with E-state index in [-0.39, 0.29) is 41.2 Å². The molecule has 2 saturated carbocycles. The average Bonchev–Trinajstić information content (AvgIpc) is 3.81. The van der Waals surface area contributed by atoms with E-state index in [2.05, 4.69) is 4.90 Å². The van der Waals surface area contributed by atoms with Crippen LogP contribution in [0.15, 0.2) is 23.1 Å². The molecule has 37 heavy (non-hydrogen) atoms. The maximum absolute atomic E-state index is 14.3. The quantitative estimate of drug-likeness (QED) is 0.548. The summed E-state index contributed by atoms with van der Waals surface area (Å²) in [6, 6.07) is 2.41. The average molecular weight is 560 g/mol. The van der Waals surface area contributed by atoms with E-state index in [1.807, 2.05) is 13.8 Å². The van der Waals surface area contributed by atoms with Gasteiger partial charge in [-0.1, -0.05) is 11.6 Å². The van der Waals surface area contributed by atoms with Gasteiger partial charge in [-0.3, -0.25) is 4.90 Å². The number of sulfonamides is 1. The van der Waals surface area contributed by atoms with E-state index in [1.54, 1.807) is 4.90 Å². The molecule has 206 valence electrons. The first kappa shape index (κ1) is 27.1. The van der Waals surface area contributed by atoms with Crippen LogP contribution >= 0.6 is 11.6 Å². The third kappa shape index (κ3) is 5.23. The zero-order valence-electron chi connectivity index (χ0n) is 21.2. The second-order valence-corrected chi connectivity index (χ2v) is 13.5. The Kier molecular flexibility index (Phi) is 7.25. The van der Waals surface area contributed by atoms with E-state index in [1.165, 1.54) is 16.4 Å². The van der Waals surface area contributed by atoms with Crippen molar-refractivity contribution in [3.8, 4) is 0 Å². The molecule has 0 spiro atoms. The van der Waals surface area contributed by atoms with E-state index >= 15 is 0 Å². The molecule has 2 saturated heterocycles. The number of ether oxygens (including phenoxy) is 2. The number of carbonyl (C=O) groups is 1. The molecular formula is C25H35ClFN3O6S. The van der Waals surface area contributed by atoms with Crippen LogP contribution in [0.4, 0.5) is 9.18 Å². The lowest BCUT2D eigenvalue weighted by Gasteiger charge is -2.45. The summed E-state index contributed by atoms with van der Waals surface area (Å²) in [6.07, 6.45) is 2.37. The van der Waals surface area contributed by atoms with Crippen molar-refractivity contribution in [1.82, 2.24) is 14.1 Å². The maximum Gasteiger partial charge on any atom is 0.410 e. The van der Waals surface area contributed by atoms with Gasteiger partial charge in [-0.2, -0.15) is 4.31 Å². The Labute approximate surface area is 222 Å². The number of amides is 1. The first-order valence-corrected chi connectivity index (χ1v) is 14.7. The van der Waals surface area contributed by atoms with Gasteiger partial charge in [0.25, 0.3) is 0 Å². The summed E-state index contributed by atoms with van der Waals surface area (Å²) in [4.78, 5) is 16.8. The van der Waals surface area contributed by atoms with Crippen molar-refractivity contribution in [1.29, 1.82) is 0 Å². The molecule has 1 amide bonds. The highest BCUT2D eigenvalue weighted by atomic mass is 35.5. The predicted octanol–water partition coefficient (Wildman–Crippen LogP) is 2.70. The molecule has 4 aliphatic rings. The van der Waals surface area contributed by atoms with Gasteiger partial charge in [-0.05, 0) is 63.6 Å². The molecule has 0 radical (unpaired) electrons. The lowest BCUT2D eigenvalue weighted by atomic mass is 10.0. The lowest BCUT2D eigenvalue weighted by Crippen LogP contribution is -2.62. The number of aliphatic hydroxyl groups excluding tert-OH is 1. The van der Waals surface area contributed by atoms with Crippen LogP contribution in [-0.2, 0) is 19.5 Å². The molecule has 12 heteroatoms. The van der Waals surface area contributed by atoms with Crippen LogP contribution in [0.2, 0.25) is 5.02 Å². The van der Waals surface area contributed by atoms with Crippen molar-refractivity contribution in [2.45, 2.75) is 67.6 Å². The second-order valence-electron chi connectivity index (χ2n) is 11.2. The Morgan fingerprint density at radius 3 is 2.46 bits per heavy atom. The normalized spacial score (nSPS) is 27.2. The number of morpholine rings is 1. The number of hydrogen-bond donors (Lipinski definition) is 1. The minimum absolute atomic E-state index is 0.0201. The summed E-state index contributed by atoms with van der Waals surface area (Å²) in [7, 11) is -4.12. The molecule has 2 heterocycles. The topological polar surface area (TPSA) is 99.6 Å². The molecular weight excluding hydrogens is 525 g/mol. The largest absolute Gasteiger partial charge is 0.441 e. The Hall–Kier alpha value is -1.50. The number of rotatable bonds is 7. The Bertz CT molecular complexity index is 1140. The predicted molar refractivity (Wildman–Crippen MR) is 134 cm³/mol. The van der Waals surface area contributed by atoms with Crippen LogP contribution in [0.1, 0.15) is 39.5 Å². The highest BCUT2D eigenvalue weighted by Gasteiger charge is 2.62. The van der Waals surface area contributed by atoms with Crippen molar-refractivity contribution >= 4 is 27.7 Å². The summed E-state index contributed by atoms with van der Waals surface area (Å²) in [6.45, 7) is 6.41. The fourth-order valence-electron chi connectivity index (χ4n) is 5.45. The van der Waals surface area contributed by atoms with Gasteiger partial charge < -0.3 is 19.5 Å². The fraction of sp³-hybridized carbons (Fsp3) is 0.720. The molecule has 4 fully saturated rings. The van der Waals surface area contributed by atoms with Crippen molar-refractivity contribution in [2.24, 2.45) is 5.92 Å². The summed E-state index contributed by atoms with van der Waals surface area (Å²) in [5.74, 6) is -0.643. The van der Waals surface area contributed by atoms with Crippen molar-refractivity contribution < 1.29 is 32.2 Å². The van der Waals surface area contributed by atoms with E-state index < -0.39 is 39.6 Å². The van der Waals surface area contributed by atoms with Gasteiger partial charge >= 0.3 is 6.09 Å². The number of hydrogen-bond acceptors (Lipinski definition) is 7. The molecule has 1 aromatic carbocycles. The van der Waals surface area contributed by atoms with Crippen LogP contribution in [-0.4, -0.2) is 103 Å². The molecule has 0 aromatic heterocycles. The molecule has 0 unspecified atom stereocenters. The summed E-state index contributed by atoms with van der Waals surface area (Å²) in [5, 5.41) is 9.51. The number of benzene rings is 1. The fourth-order valence-corrected chi connectivity index (χ4v) is 7.48. The van der Waals surface area contributed by atoms with Gasteiger partial charge in [-0.25, -0.2) is 17.6 Å². The molecule has 2 aliphatic carbocycles. The van der Waals surface area contributed by atoms with E-state index in [0.717, 1.165) is 18.9 Å². The highest BCUT2D eigenvalue weighted by Crippen LogP contribution is 2.50. The number of nitrogens with zero attached hydrogens (tertiary/aromatic N) is 3. The van der Waals surface area contributed by atoms with Crippen molar-refractivity contribution in [3.63, 3.8) is 0 Å². The molecule has 1 N–H and O–H groups in total. The minimum Gasteiger partial charge on any atom is -0.441 e. The molecule has 5 rings (SSSR count). The van der Waals surface area contributed by atoms with Gasteiger partial charge in [0.1, 0.15) is 11.4 Å². The van der Waals surface area contributed by atoms with Crippen molar-refractivity contribution in [2.75, 3.05) is 46.0 Å². The van der Waals surface area contributed by atoms with E-state index in [4.69, 9.17) is 21.1 Å². The smallest absolute Gasteiger partial charge is 0.410 e. The molecule has 0 bridgehead atoms. The third-order valence-electron chi connectivity index (χ3n) is 8.25. The monoisotopic (exact) mass is 559 g/mol. The molecule has 9 nitrogen and oxygen atoms in total.